The molecule has 2 aromatic carbocycles. The van der Waals surface area contributed by atoms with Crippen molar-refractivity contribution in [1.82, 2.24) is 9.71 Å². The average molecular weight is 434 g/mol. The number of fused-ring (bicyclic) bond motifs is 1. The van der Waals surface area contributed by atoms with Gasteiger partial charge in [-0.25, -0.2) is 17.5 Å². The number of halogens is 2. The maximum absolute atomic E-state index is 13.4. The smallest absolute Gasteiger partial charge is 0.240 e. The molecule has 1 heterocycles. The van der Waals surface area contributed by atoms with Gasteiger partial charge >= 0.3 is 0 Å². The molecule has 29 heavy (non-hydrogen) atoms. The van der Waals surface area contributed by atoms with Crippen LogP contribution in [0.3, 0.4) is 0 Å². The van der Waals surface area contributed by atoms with Crippen LogP contribution in [0, 0.1) is 5.82 Å². The second kappa shape index (κ2) is 8.26. The van der Waals surface area contributed by atoms with Crippen LogP contribution in [0.15, 0.2) is 59.6 Å². The number of benzene rings is 2. The molecule has 1 aliphatic carbocycles. The Hall–Kier alpha value is -2.22. The molecule has 0 aliphatic heterocycles. The van der Waals surface area contributed by atoms with Crippen molar-refractivity contribution in [1.29, 1.82) is 0 Å². The van der Waals surface area contributed by atoms with Crippen molar-refractivity contribution in [2.75, 3.05) is 5.32 Å². The number of anilines is 1. The highest BCUT2D eigenvalue weighted by atomic mass is 35.5. The van der Waals surface area contributed by atoms with E-state index < -0.39 is 15.8 Å². The van der Waals surface area contributed by atoms with Gasteiger partial charge in [0.1, 0.15) is 5.82 Å². The standard InChI is InChI=1S/C21H21ClFN3O2S/c22-14-4-9-19-20(10-11-24-21(19)12-14)25-16-5-7-17(8-6-16)26-29(27,28)18-3-1-2-15(23)13-18/h1-4,9-13,16-17,26H,5-8H2,(H,24,25)/t16-,17+. The van der Waals surface area contributed by atoms with E-state index in [4.69, 9.17) is 11.6 Å². The minimum Gasteiger partial charge on any atom is -0.382 e. The molecule has 5 nitrogen and oxygen atoms in total. The molecule has 4 rings (SSSR count). The van der Waals surface area contributed by atoms with Gasteiger partial charge in [0.2, 0.25) is 10.0 Å². The van der Waals surface area contributed by atoms with Gasteiger partial charge in [0.15, 0.2) is 0 Å². The summed E-state index contributed by atoms with van der Waals surface area (Å²) in [5.41, 5.74) is 1.83. The first-order valence-electron chi connectivity index (χ1n) is 9.49. The highest BCUT2D eigenvalue weighted by molar-refractivity contribution is 7.89. The molecule has 0 amide bonds. The SMILES string of the molecule is O=S(=O)(N[C@H]1CC[C@@H](Nc2ccnc3cc(Cl)ccc23)CC1)c1cccc(F)c1. The van der Waals surface area contributed by atoms with Gasteiger partial charge in [-0.1, -0.05) is 17.7 Å². The summed E-state index contributed by atoms with van der Waals surface area (Å²) in [5.74, 6) is -0.563. The summed E-state index contributed by atoms with van der Waals surface area (Å²) in [4.78, 5) is 4.31. The van der Waals surface area contributed by atoms with Crippen molar-refractivity contribution in [3.05, 3.63) is 65.6 Å². The van der Waals surface area contributed by atoms with Gasteiger partial charge in [0, 0.05) is 34.4 Å². The molecule has 1 aromatic heterocycles. The normalized spacial score (nSPS) is 19.9. The van der Waals surface area contributed by atoms with Crippen molar-refractivity contribution in [2.24, 2.45) is 0 Å². The highest BCUT2D eigenvalue weighted by Crippen LogP contribution is 2.28. The Morgan fingerprint density at radius 3 is 2.52 bits per heavy atom. The van der Waals surface area contributed by atoms with Crippen LogP contribution >= 0.6 is 11.6 Å². The van der Waals surface area contributed by atoms with Crippen molar-refractivity contribution in [3.63, 3.8) is 0 Å². The maximum atomic E-state index is 13.4. The largest absolute Gasteiger partial charge is 0.382 e. The fourth-order valence-electron chi connectivity index (χ4n) is 3.74. The molecule has 0 saturated heterocycles. The number of aromatic nitrogens is 1. The molecule has 0 radical (unpaired) electrons. The zero-order valence-electron chi connectivity index (χ0n) is 15.6. The number of hydrogen-bond donors (Lipinski definition) is 2. The van der Waals surface area contributed by atoms with Crippen molar-refractivity contribution in [2.45, 2.75) is 42.7 Å². The van der Waals surface area contributed by atoms with Gasteiger partial charge in [-0.05, 0) is 68.1 Å². The summed E-state index contributed by atoms with van der Waals surface area (Å²) in [6, 6.07) is 12.7. The lowest BCUT2D eigenvalue weighted by molar-refractivity contribution is 0.387. The number of rotatable bonds is 5. The Bertz CT molecular complexity index is 1130. The van der Waals surface area contributed by atoms with Crippen LogP contribution in [0.1, 0.15) is 25.7 Å². The molecule has 0 unspecified atom stereocenters. The third-order valence-electron chi connectivity index (χ3n) is 5.22. The molecule has 3 aromatic rings. The lowest BCUT2D eigenvalue weighted by atomic mass is 9.91. The lowest BCUT2D eigenvalue weighted by Crippen LogP contribution is -2.40. The number of nitrogens with zero attached hydrogens (tertiary/aromatic N) is 1. The predicted molar refractivity (Wildman–Crippen MR) is 113 cm³/mol. The summed E-state index contributed by atoms with van der Waals surface area (Å²) in [5, 5.41) is 5.21. The molecule has 1 fully saturated rings. The fourth-order valence-corrected chi connectivity index (χ4v) is 5.25. The van der Waals surface area contributed by atoms with E-state index in [0.29, 0.717) is 17.9 Å². The molecule has 1 aliphatic rings. The number of hydrogen-bond acceptors (Lipinski definition) is 4. The van der Waals surface area contributed by atoms with E-state index in [-0.39, 0.29) is 17.0 Å². The molecule has 0 bridgehead atoms. The number of sulfonamides is 1. The molecule has 8 heteroatoms. The predicted octanol–water partition coefficient (Wildman–Crippen LogP) is 4.73. The minimum atomic E-state index is -3.72. The summed E-state index contributed by atoms with van der Waals surface area (Å²) in [7, 11) is -3.72. The summed E-state index contributed by atoms with van der Waals surface area (Å²) in [6.07, 6.45) is 4.82. The topological polar surface area (TPSA) is 71.1 Å². The van der Waals surface area contributed by atoms with E-state index in [2.05, 4.69) is 15.0 Å². The molecule has 152 valence electrons. The van der Waals surface area contributed by atoms with Crippen LogP contribution in [-0.4, -0.2) is 25.5 Å². The van der Waals surface area contributed by atoms with E-state index >= 15 is 0 Å². The summed E-state index contributed by atoms with van der Waals surface area (Å²) >= 11 is 6.05. The number of pyridine rings is 1. The van der Waals surface area contributed by atoms with Crippen molar-refractivity contribution in [3.8, 4) is 0 Å². The molecular formula is C21H21ClFN3O2S. The van der Waals surface area contributed by atoms with Crippen LogP contribution in [0.2, 0.25) is 5.02 Å². The minimum absolute atomic E-state index is 0.0420. The quantitative estimate of drug-likeness (QED) is 0.610. The van der Waals surface area contributed by atoms with Gasteiger partial charge in [-0.15, -0.1) is 0 Å². The van der Waals surface area contributed by atoms with Crippen LogP contribution in [0.4, 0.5) is 10.1 Å². The maximum Gasteiger partial charge on any atom is 0.240 e. The van der Waals surface area contributed by atoms with E-state index in [1.807, 2.05) is 24.3 Å². The average Bonchev–Trinajstić information content (AvgIpc) is 2.69. The molecular weight excluding hydrogens is 413 g/mol. The Morgan fingerprint density at radius 2 is 1.76 bits per heavy atom. The molecule has 1 saturated carbocycles. The van der Waals surface area contributed by atoms with E-state index in [1.165, 1.54) is 18.2 Å². The first kappa shape index (κ1) is 20.1. The van der Waals surface area contributed by atoms with Gasteiger partial charge in [0.05, 0.1) is 10.4 Å². The van der Waals surface area contributed by atoms with Crippen molar-refractivity contribution >= 4 is 38.2 Å². The second-order valence-corrected chi connectivity index (χ2v) is 9.44. The van der Waals surface area contributed by atoms with Crippen LogP contribution in [0.5, 0.6) is 0 Å². The Labute approximate surface area is 174 Å². The monoisotopic (exact) mass is 433 g/mol. The van der Waals surface area contributed by atoms with E-state index in [1.54, 1.807) is 6.20 Å². The fraction of sp³-hybridized carbons (Fsp3) is 0.286. The Kier molecular flexibility index (Phi) is 5.72. The number of nitrogens with one attached hydrogen (secondary N) is 2. The third-order valence-corrected chi connectivity index (χ3v) is 6.97. The van der Waals surface area contributed by atoms with E-state index in [0.717, 1.165) is 35.5 Å². The van der Waals surface area contributed by atoms with Crippen molar-refractivity contribution < 1.29 is 12.8 Å². The first-order valence-corrected chi connectivity index (χ1v) is 11.4. The van der Waals surface area contributed by atoms with Crippen LogP contribution in [-0.2, 0) is 10.0 Å². The first-order chi connectivity index (χ1) is 13.9. The zero-order valence-corrected chi connectivity index (χ0v) is 17.2. The second-order valence-electron chi connectivity index (χ2n) is 7.29. The van der Waals surface area contributed by atoms with Gasteiger partial charge in [0.25, 0.3) is 0 Å². The van der Waals surface area contributed by atoms with Gasteiger partial charge in [-0.3, -0.25) is 4.98 Å². The van der Waals surface area contributed by atoms with Gasteiger partial charge < -0.3 is 5.32 Å². The lowest BCUT2D eigenvalue weighted by Gasteiger charge is -2.30. The van der Waals surface area contributed by atoms with E-state index in [9.17, 15) is 12.8 Å². The summed E-state index contributed by atoms with van der Waals surface area (Å²) < 4.78 is 41.0. The van der Waals surface area contributed by atoms with Crippen LogP contribution in [0.25, 0.3) is 10.9 Å². The Morgan fingerprint density at radius 1 is 1.00 bits per heavy atom. The Balaban J connectivity index is 1.39. The highest BCUT2D eigenvalue weighted by Gasteiger charge is 2.26. The molecule has 0 atom stereocenters. The summed E-state index contributed by atoms with van der Waals surface area (Å²) in [6.45, 7) is 0. The van der Waals surface area contributed by atoms with Crippen LogP contribution < -0.4 is 10.0 Å². The molecule has 0 spiro atoms. The zero-order chi connectivity index (χ0) is 20.4. The third kappa shape index (κ3) is 4.69. The van der Waals surface area contributed by atoms with Gasteiger partial charge in [-0.2, -0.15) is 0 Å². The molecule has 2 N–H and O–H groups in total.